The van der Waals surface area contributed by atoms with E-state index >= 15 is 0 Å². The highest BCUT2D eigenvalue weighted by Crippen LogP contribution is 2.35. The molecule has 4 nitrogen and oxygen atoms in total. The fourth-order valence-corrected chi connectivity index (χ4v) is 4.13. The molecule has 0 amide bonds. The summed E-state index contributed by atoms with van der Waals surface area (Å²) in [4.78, 5) is 14.3. The van der Waals surface area contributed by atoms with E-state index in [1.54, 1.807) is 0 Å². The summed E-state index contributed by atoms with van der Waals surface area (Å²) in [6.45, 7) is 4.25. The fraction of sp³-hybridized carbons (Fsp3) is 0.471. The predicted octanol–water partition coefficient (Wildman–Crippen LogP) is 2.20. The van der Waals surface area contributed by atoms with Crippen LogP contribution in [0.5, 0.6) is 0 Å². The number of thiazole rings is 1. The zero-order chi connectivity index (χ0) is 15.5. The molecule has 0 aliphatic heterocycles. The molecule has 2 aromatic rings. The van der Waals surface area contributed by atoms with Gasteiger partial charge in [-0.15, -0.1) is 0 Å². The molecule has 1 heterocycles. The van der Waals surface area contributed by atoms with Gasteiger partial charge in [-0.3, -0.25) is 9.69 Å². The van der Waals surface area contributed by atoms with Crippen LogP contribution in [0.2, 0.25) is 0 Å². The van der Waals surface area contributed by atoms with Crippen molar-refractivity contribution in [3.05, 3.63) is 56.1 Å². The standard InChI is InChI=1S/C17H22N2O2S/c1-13-12-22-17(21)19(13)9-8-18(10-11-20)16-7-6-14-4-2-3-5-15(14)16/h2-5,12,16,20H,6-11H2,1H3. The van der Waals surface area contributed by atoms with Crippen LogP contribution >= 0.6 is 11.3 Å². The molecule has 1 atom stereocenters. The summed E-state index contributed by atoms with van der Waals surface area (Å²) in [5.41, 5.74) is 3.82. The lowest BCUT2D eigenvalue weighted by Crippen LogP contribution is -2.34. The van der Waals surface area contributed by atoms with Gasteiger partial charge in [0.15, 0.2) is 0 Å². The molecule has 0 saturated carbocycles. The number of fused-ring (bicyclic) bond motifs is 1. The van der Waals surface area contributed by atoms with E-state index in [0.717, 1.165) is 25.1 Å². The Morgan fingerprint density at radius 3 is 2.91 bits per heavy atom. The Bertz CT molecular complexity index is 692. The third-order valence-electron chi connectivity index (χ3n) is 4.52. The summed E-state index contributed by atoms with van der Waals surface area (Å²) in [7, 11) is 0. The first-order chi connectivity index (χ1) is 10.7. The number of aliphatic hydroxyl groups is 1. The summed E-state index contributed by atoms with van der Waals surface area (Å²) in [5, 5.41) is 11.3. The zero-order valence-corrected chi connectivity index (χ0v) is 13.7. The molecule has 0 fully saturated rings. The van der Waals surface area contributed by atoms with Gasteiger partial charge in [-0.25, -0.2) is 0 Å². The second kappa shape index (κ2) is 6.77. The number of hydrogen-bond acceptors (Lipinski definition) is 4. The summed E-state index contributed by atoms with van der Waals surface area (Å²) in [5.74, 6) is 0. The maximum Gasteiger partial charge on any atom is 0.307 e. The Morgan fingerprint density at radius 1 is 1.36 bits per heavy atom. The minimum Gasteiger partial charge on any atom is -0.395 e. The monoisotopic (exact) mass is 318 g/mol. The molecule has 1 aliphatic rings. The van der Waals surface area contributed by atoms with E-state index in [9.17, 15) is 9.90 Å². The number of aliphatic hydroxyl groups excluding tert-OH is 1. The van der Waals surface area contributed by atoms with Crippen molar-refractivity contribution in [3.63, 3.8) is 0 Å². The van der Waals surface area contributed by atoms with Crippen molar-refractivity contribution in [2.75, 3.05) is 19.7 Å². The quantitative estimate of drug-likeness (QED) is 0.888. The normalized spacial score (nSPS) is 17.1. The maximum atomic E-state index is 11.8. The average Bonchev–Trinajstić information content (AvgIpc) is 3.08. The Morgan fingerprint density at radius 2 is 2.18 bits per heavy atom. The largest absolute Gasteiger partial charge is 0.395 e. The topological polar surface area (TPSA) is 45.5 Å². The number of aromatic nitrogens is 1. The van der Waals surface area contributed by atoms with E-state index < -0.39 is 0 Å². The highest BCUT2D eigenvalue weighted by Gasteiger charge is 2.27. The molecule has 0 radical (unpaired) electrons. The smallest absolute Gasteiger partial charge is 0.307 e. The fourth-order valence-electron chi connectivity index (χ4n) is 3.37. The molecule has 5 heteroatoms. The average molecular weight is 318 g/mol. The van der Waals surface area contributed by atoms with Gasteiger partial charge in [0, 0.05) is 36.8 Å². The lowest BCUT2D eigenvalue weighted by molar-refractivity contribution is 0.144. The van der Waals surface area contributed by atoms with E-state index in [2.05, 4.69) is 29.2 Å². The molecule has 0 saturated heterocycles. The van der Waals surface area contributed by atoms with Gasteiger partial charge in [-0.2, -0.15) is 0 Å². The molecule has 1 unspecified atom stereocenters. The van der Waals surface area contributed by atoms with Crippen LogP contribution in [-0.4, -0.2) is 34.3 Å². The molecule has 0 bridgehead atoms. The Kier molecular flexibility index (Phi) is 4.76. The second-order valence-electron chi connectivity index (χ2n) is 5.81. The van der Waals surface area contributed by atoms with Crippen molar-refractivity contribution in [2.45, 2.75) is 32.4 Å². The van der Waals surface area contributed by atoms with Gasteiger partial charge in [-0.1, -0.05) is 35.6 Å². The van der Waals surface area contributed by atoms with Crippen LogP contribution in [0.3, 0.4) is 0 Å². The zero-order valence-electron chi connectivity index (χ0n) is 12.9. The molecular formula is C17H22N2O2S. The molecule has 1 aromatic heterocycles. The second-order valence-corrected chi connectivity index (χ2v) is 6.63. The summed E-state index contributed by atoms with van der Waals surface area (Å²) < 4.78 is 1.83. The minimum atomic E-state index is 0.105. The first kappa shape index (κ1) is 15.5. The first-order valence-corrected chi connectivity index (χ1v) is 8.66. The molecule has 22 heavy (non-hydrogen) atoms. The van der Waals surface area contributed by atoms with Crippen molar-refractivity contribution in [1.29, 1.82) is 0 Å². The van der Waals surface area contributed by atoms with Crippen molar-refractivity contribution in [1.82, 2.24) is 9.47 Å². The van der Waals surface area contributed by atoms with E-state index in [-0.39, 0.29) is 11.5 Å². The van der Waals surface area contributed by atoms with Gasteiger partial charge in [0.2, 0.25) is 0 Å². The molecule has 1 aliphatic carbocycles. The lowest BCUT2D eigenvalue weighted by Gasteiger charge is -2.29. The summed E-state index contributed by atoms with van der Waals surface area (Å²) in [6.07, 6.45) is 2.19. The highest BCUT2D eigenvalue weighted by molar-refractivity contribution is 7.07. The molecule has 118 valence electrons. The number of benzene rings is 1. The predicted molar refractivity (Wildman–Crippen MR) is 89.5 cm³/mol. The van der Waals surface area contributed by atoms with Crippen LogP contribution in [0, 0.1) is 6.92 Å². The van der Waals surface area contributed by atoms with Gasteiger partial charge in [0.25, 0.3) is 0 Å². The van der Waals surface area contributed by atoms with Crippen molar-refractivity contribution in [3.8, 4) is 0 Å². The van der Waals surface area contributed by atoms with Crippen LogP contribution in [0.1, 0.15) is 29.3 Å². The SMILES string of the molecule is Cc1csc(=O)n1CCN(CCO)C1CCc2ccccc21. The van der Waals surface area contributed by atoms with E-state index in [4.69, 9.17) is 0 Å². The first-order valence-electron chi connectivity index (χ1n) is 7.78. The van der Waals surface area contributed by atoms with Gasteiger partial charge < -0.3 is 9.67 Å². The number of hydrogen-bond donors (Lipinski definition) is 1. The van der Waals surface area contributed by atoms with Crippen LogP contribution in [0.15, 0.2) is 34.4 Å². The van der Waals surface area contributed by atoms with E-state index in [1.807, 2.05) is 16.9 Å². The molecule has 1 N–H and O–H groups in total. The third kappa shape index (κ3) is 3.02. The van der Waals surface area contributed by atoms with Gasteiger partial charge in [-0.05, 0) is 30.9 Å². The summed E-state index contributed by atoms with van der Waals surface area (Å²) >= 11 is 1.26. The molecule has 1 aromatic carbocycles. The minimum absolute atomic E-state index is 0.105. The molecular weight excluding hydrogens is 296 g/mol. The lowest BCUT2D eigenvalue weighted by atomic mass is 10.1. The van der Waals surface area contributed by atoms with Gasteiger partial charge in [0.1, 0.15) is 0 Å². The van der Waals surface area contributed by atoms with Gasteiger partial charge >= 0.3 is 4.87 Å². The third-order valence-corrected chi connectivity index (χ3v) is 5.40. The Hall–Kier alpha value is -1.43. The van der Waals surface area contributed by atoms with Crippen LogP contribution in [0.4, 0.5) is 0 Å². The van der Waals surface area contributed by atoms with Crippen molar-refractivity contribution >= 4 is 11.3 Å². The molecule has 3 rings (SSSR count). The Labute approximate surface area is 134 Å². The highest BCUT2D eigenvalue weighted by atomic mass is 32.1. The summed E-state index contributed by atoms with van der Waals surface area (Å²) in [6, 6.07) is 8.92. The van der Waals surface area contributed by atoms with E-state index in [1.165, 1.54) is 22.5 Å². The van der Waals surface area contributed by atoms with E-state index in [0.29, 0.717) is 19.1 Å². The molecule has 0 spiro atoms. The number of rotatable bonds is 6. The number of nitrogens with zero attached hydrogens (tertiary/aromatic N) is 2. The van der Waals surface area contributed by atoms with Crippen LogP contribution < -0.4 is 4.87 Å². The Balaban J connectivity index is 1.75. The van der Waals surface area contributed by atoms with Crippen LogP contribution in [-0.2, 0) is 13.0 Å². The van der Waals surface area contributed by atoms with Crippen molar-refractivity contribution < 1.29 is 5.11 Å². The number of aryl methyl sites for hydroxylation is 2. The van der Waals surface area contributed by atoms with Crippen molar-refractivity contribution in [2.24, 2.45) is 0 Å². The van der Waals surface area contributed by atoms with Crippen LogP contribution in [0.25, 0.3) is 0 Å². The maximum absolute atomic E-state index is 11.8. The van der Waals surface area contributed by atoms with Gasteiger partial charge in [0.05, 0.1) is 6.61 Å².